The summed E-state index contributed by atoms with van der Waals surface area (Å²) in [6, 6.07) is 11.9. The second kappa shape index (κ2) is 8.46. The lowest BCUT2D eigenvalue weighted by atomic mass is 10.2. The van der Waals surface area contributed by atoms with Gasteiger partial charge in [0.05, 0.1) is 10.7 Å². The van der Waals surface area contributed by atoms with Gasteiger partial charge in [0.2, 0.25) is 11.0 Å². The van der Waals surface area contributed by atoms with E-state index in [-0.39, 0.29) is 10.7 Å². The van der Waals surface area contributed by atoms with Crippen LogP contribution in [0.3, 0.4) is 0 Å². The minimum atomic E-state index is -0.777. The quantitative estimate of drug-likeness (QED) is 0.432. The van der Waals surface area contributed by atoms with Gasteiger partial charge >= 0.3 is 5.69 Å². The zero-order chi connectivity index (χ0) is 22.1. The summed E-state index contributed by atoms with van der Waals surface area (Å²) < 4.78 is 0.995. The van der Waals surface area contributed by atoms with E-state index in [2.05, 4.69) is 20.2 Å². The Bertz CT molecular complexity index is 1440. The predicted molar refractivity (Wildman–Crippen MR) is 122 cm³/mol. The van der Waals surface area contributed by atoms with E-state index >= 15 is 0 Å². The van der Waals surface area contributed by atoms with Crippen molar-refractivity contribution < 1.29 is 5.11 Å². The Labute approximate surface area is 189 Å². The molecule has 2 aromatic carbocycles. The van der Waals surface area contributed by atoms with Crippen LogP contribution in [0.4, 0.5) is 5.13 Å². The van der Waals surface area contributed by atoms with Gasteiger partial charge in [-0.2, -0.15) is 0 Å². The van der Waals surface area contributed by atoms with Crippen LogP contribution < -0.4 is 11.2 Å². The Kier molecular flexibility index (Phi) is 5.73. The fourth-order valence-electron chi connectivity index (χ4n) is 2.82. The van der Waals surface area contributed by atoms with Gasteiger partial charge in [0.15, 0.2) is 5.01 Å². The maximum Gasteiger partial charge on any atom is 0.335 e. The Hall–Kier alpha value is -3.27. The van der Waals surface area contributed by atoms with E-state index in [1.807, 2.05) is 13.0 Å². The highest BCUT2D eigenvalue weighted by molar-refractivity contribution is 7.18. The zero-order valence-corrected chi connectivity index (χ0v) is 18.2. The molecule has 0 aliphatic carbocycles. The summed E-state index contributed by atoms with van der Waals surface area (Å²) >= 11 is 13.2. The highest BCUT2D eigenvalue weighted by atomic mass is 35.5. The number of hydrogen-bond acceptors (Lipinski definition) is 7. The molecule has 0 amide bonds. The first kappa shape index (κ1) is 21.0. The maximum absolute atomic E-state index is 12.3. The highest BCUT2D eigenvalue weighted by Gasteiger charge is 2.15. The second-order valence-electron chi connectivity index (χ2n) is 6.44. The molecule has 0 aliphatic heterocycles. The Morgan fingerprint density at radius 1 is 1.16 bits per heavy atom. The van der Waals surface area contributed by atoms with Crippen LogP contribution >= 0.6 is 34.5 Å². The number of aromatic nitrogens is 4. The molecule has 11 heteroatoms. The van der Waals surface area contributed by atoms with Gasteiger partial charge in [0.25, 0.3) is 5.56 Å². The third-order valence-corrected chi connectivity index (χ3v) is 5.67. The average Bonchev–Trinajstić information content (AvgIpc) is 3.16. The molecule has 31 heavy (non-hydrogen) atoms. The van der Waals surface area contributed by atoms with E-state index in [1.165, 1.54) is 0 Å². The molecule has 0 spiro atoms. The van der Waals surface area contributed by atoms with Crippen LogP contribution in [-0.2, 0) is 0 Å². The van der Waals surface area contributed by atoms with E-state index in [4.69, 9.17) is 23.2 Å². The number of aliphatic imine (C=N–C) groups is 1. The van der Waals surface area contributed by atoms with Gasteiger partial charge in [-0.25, -0.2) is 14.4 Å². The average molecular weight is 474 g/mol. The van der Waals surface area contributed by atoms with Crippen LogP contribution in [-0.4, -0.2) is 31.1 Å². The maximum atomic E-state index is 12.3. The molecular formula is C20H13Cl2N5O3S. The minimum absolute atomic E-state index is 0.192. The van der Waals surface area contributed by atoms with E-state index in [1.54, 1.807) is 36.4 Å². The standard InChI is InChI=1S/C20H13Cl2N5O3S/c1-10-3-2-4-12(7-10)27-18(29)14(16(28)24-20(27)30)9-23-19-26-25-17(31-19)13-6-5-11(21)8-15(13)22/h2-9,29H,1H3,(H,24,28,30). The SMILES string of the molecule is Cc1cccc(-n2c(O)c(C=Nc3nnc(-c4ccc(Cl)cc4Cl)s3)c(=O)[nH]c2=O)c1. The topological polar surface area (TPSA) is 113 Å². The monoisotopic (exact) mass is 473 g/mol. The number of hydrogen-bond donors (Lipinski definition) is 2. The van der Waals surface area contributed by atoms with Crippen molar-refractivity contribution in [1.29, 1.82) is 0 Å². The third kappa shape index (κ3) is 4.29. The number of benzene rings is 2. The molecule has 0 unspecified atom stereocenters. The van der Waals surface area contributed by atoms with Gasteiger partial charge in [-0.05, 0) is 42.8 Å². The molecule has 4 aromatic rings. The van der Waals surface area contributed by atoms with E-state index in [0.717, 1.165) is 27.7 Å². The van der Waals surface area contributed by atoms with Crippen molar-refractivity contribution in [3.8, 4) is 22.1 Å². The van der Waals surface area contributed by atoms with E-state index in [9.17, 15) is 14.7 Å². The Balaban J connectivity index is 1.72. The summed E-state index contributed by atoms with van der Waals surface area (Å²) in [6.07, 6.45) is 1.13. The number of aromatic amines is 1. The van der Waals surface area contributed by atoms with Crippen LogP contribution in [0.25, 0.3) is 16.3 Å². The molecule has 0 radical (unpaired) electrons. The molecule has 0 saturated heterocycles. The van der Waals surface area contributed by atoms with Crippen molar-refractivity contribution in [1.82, 2.24) is 19.7 Å². The number of nitrogens with zero attached hydrogens (tertiary/aromatic N) is 4. The molecule has 156 valence electrons. The van der Waals surface area contributed by atoms with E-state index in [0.29, 0.717) is 26.3 Å². The van der Waals surface area contributed by atoms with Crippen LogP contribution in [0.1, 0.15) is 11.1 Å². The molecule has 4 rings (SSSR count). The number of aromatic hydroxyl groups is 1. The van der Waals surface area contributed by atoms with Crippen molar-refractivity contribution in [2.24, 2.45) is 4.99 Å². The summed E-state index contributed by atoms with van der Waals surface area (Å²) in [5.41, 5.74) is 0.194. The number of nitrogens with one attached hydrogen (secondary N) is 1. The molecule has 0 aliphatic rings. The molecule has 0 atom stereocenters. The number of rotatable bonds is 4. The lowest BCUT2D eigenvalue weighted by Crippen LogP contribution is -2.31. The molecule has 0 fully saturated rings. The summed E-state index contributed by atoms with van der Waals surface area (Å²) in [5.74, 6) is -0.534. The molecular weight excluding hydrogens is 461 g/mol. The van der Waals surface area contributed by atoms with Gasteiger partial charge in [0, 0.05) is 16.8 Å². The first-order chi connectivity index (χ1) is 14.8. The third-order valence-electron chi connectivity index (χ3n) is 4.26. The molecule has 8 nitrogen and oxygen atoms in total. The number of halogens is 2. The molecule has 2 aromatic heterocycles. The van der Waals surface area contributed by atoms with Gasteiger partial charge in [-0.3, -0.25) is 9.78 Å². The lowest BCUT2D eigenvalue weighted by molar-refractivity contribution is 0.430. The van der Waals surface area contributed by atoms with Crippen LogP contribution in [0.5, 0.6) is 5.88 Å². The first-order valence-corrected chi connectivity index (χ1v) is 10.4. The zero-order valence-electron chi connectivity index (χ0n) is 15.8. The molecule has 0 bridgehead atoms. The molecule has 0 saturated carbocycles. The smallest absolute Gasteiger partial charge is 0.335 e. The van der Waals surface area contributed by atoms with Crippen molar-refractivity contribution in [3.05, 3.63) is 84.5 Å². The largest absolute Gasteiger partial charge is 0.493 e. The summed E-state index contributed by atoms with van der Waals surface area (Å²) in [5, 5.41) is 20.3. The van der Waals surface area contributed by atoms with Crippen molar-refractivity contribution in [2.75, 3.05) is 0 Å². The lowest BCUT2D eigenvalue weighted by Gasteiger charge is -2.09. The van der Waals surface area contributed by atoms with Crippen LogP contribution in [0.2, 0.25) is 10.0 Å². The molecule has 2 N–H and O–H groups in total. The highest BCUT2D eigenvalue weighted by Crippen LogP contribution is 2.34. The van der Waals surface area contributed by atoms with Gasteiger partial charge in [0.1, 0.15) is 5.56 Å². The van der Waals surface area contributed by atoms with Crippen molar-refractivity contribution in [2.45, 2.75) is 6.92 Å². The van der Waals surface area contributed by atoms with Crippen LogP contribution in [0.15, 0.2) is 57.0 Å². The number of H-pyrrole nitrogens is 1. The Morgan fingerprint density at radius 2 is 1.97 bits per heavy atom. The predicted octanol–water partition coefficient (Wildman–Crippen LogP) is 4.12. The first-order valence-electron chi connectivity index (χ1n) is 8.82. The Morgan fingerprint density at radius 3 is 2.71 bits per heavy atom. The van der Waals surface area contributed by atoms with Gasteiger partial charge < -0.3 is 5.11 Å². The van der Waals surface area contributed by atoms with Crippen molar-refractivity contribution in [3.63, 3.8) is 0 Å². The van der Waals surface area contributed by atoms with Gasteiger partial charge in [-0.1, -0.05) is 46.7 Å². The second-order valence-corrected chi connectivity index (χ2v) is 8.24. The van der Waals surface area contributed by atoms with Crippen molar-refractivity contribution >= 4 is 45.9 Å². The molecule has 2 heterocycles. The number of aryl methyl sites for hydroxylation is 1. The summed E-state index contributed by atoms with van der Waals surface area (Å²) in [4.78, 5) is 30.8. The van der Waals surface area contributed by atoms with Gasteiger partial charge in [-0.15, -0.1) is 10.2 Å². The fraction of sp³-hybridized carbons (Fsp3) is 0.0500. The van der Waals surface area contributed by atoms with E-state index < -0.39 is 17.1 Å². The fourth-order valence-corrected chi connectivity index (χ4v) is 4.10. The normalized spacial score (nSPS) is 11.3. The summed E-state index contributed by atoms with van der Waals surface area (Å²) in [6.45, 7) is 1.85. The summed E-state index contributed by atoms with van der Waals surface area (Å²) in [7, 11) is 0. The minimum Gasteiger partial charge on any atom is -0.493 e. The van der Waals surface area contributed by atoms with Crippen LogP contribution in [0, 0.1) is 6.92 Å².